The molecule has 23 heavy (non-hydrogen) atoms. The Kier molecular flexibility index (Phi) is 4.39. The molecule has 7 nitrogen and oxygen atoms in total. The molecule has 3 aliphatic rings. The van der Waals surface area contributed by atoms with E-state index in [-0.39, 0.29) is 25.2 Å². The molecule has 2 unspecified atom stereocenters. The van der Waals surface area contributed by atoms with Gasteiger partial charge in [0.05, 0.1) is 5.25 Å². The Hall–Kier alpha value is -1.15. The molecule has 8 heteroatoms. The van der Waals surface area contributed by atoms with Crippen LogP contribution in [0.1, 0.15) is 45.4 Å². The van der Waals surface area contributed by atoms with Crippen LogP contribution in [0.15, 0.2) is 0 Å². The summed E-state index contributed by atoms with van der Waals surface area (Å²) in [7, 11) is -3.56. The SMILES string of the molecule is CC1CC2CCC(C1)N2C(=O)C(=O)N1CCC(S(N)(=O)=O)CC1. The highest BCUT2D eigenvalue weighted by Gasteiger charge is 2.45. The summed E-state index contributed by atoms with van der Waals surface area (Å²) in [5.74, 6) is -0.278. The van der Waals surface area contributed by atoms with E-state index in [0.717, 1.165) is 25.7 Å². The van der Waals surface area contributed by atoms with Gasteiger partial charge in [-0.1, -0.05) is 6.92 Å². The number of sulfonamides is 1. The number of hydrogen-bond donors (Lipinski definition) is 1. The zero-order valence-electron chi connectivity index (χ0n) is 13.5. The third kappa shape index (κ3) is 3.24. The summed E-state index contributed by atoms with van der Waals surface area (Å²) in [6, 6.07) is 0.393. The Labute approximate surface area is 137 Å². The fraction of sp³-hybridized carbons (Fsp3) is 0.867. The minimum Gasteiger partial charge on any atom is -0.334 e. The Morgan fingerprint density at radius 1 is 0.957 bits per heavy atom. The number of amides is 2. The molecule has 2 amide bonds. The molecule has 0 aromatic carbocycles. The number of nitrogens with zero attached hydrogens (tertiary/aromatic N) is 2. The minimum atomic E-state index is -3.56. The highest BCUT2D eigenvalue weighted by Crippen LogP contribution is 2.38. The Morgan fingerprint density at radius 2 is 1.48 bits per heavy atom. The van der Waals surface area contributed by atoms with Crippen molar-refractivity contribution in [2.24, 2.45) is 11.1 Å². The quantitative estimate of drug-likeness (QED) is 0.680. The van der Waals surface area contributed by atoms with Crippen LogP contribution in [-0.2, 0) is 19.6 Å². The normalized spacial score (nSPS) is 32.2. The van der Waals surface area contributed by atoms with Gasteiger partial charge in [0.2, 0.25) is 10.0 Å². The molecule has 2 bridgehead atoms. The molecule has 3 rings (SSSR count). The maximum absolute atomic E-state index is 12.6. The number of piperidine rings is 2. The summed E-state index contributed by atoms with van der Waals surface area (Å²) in [5.41, 5.74) is 0. The van der Waals surface area contributed by atoms with Crippen LogP contribution in [0, 0.1) is 5.92 Å². The Morgan fingerprint density at radius 3 is 1.96 bits per heavy atom. The largest absolute Gasteiger partial charge is 0.334 e. The van der Waals surface area contributed by atoms with Crippen molar-refractivity contribution in [2.75, 3.05) is 13.1 Å². The molecule has 3 fully saturated rings. The third-order valence-corrected chi connectivity index (χ3v) is 6.98. The van der Waals surface area contributed by atoms with Crippen molar-refractivity contribution in [3.05, 3.63) is 0 Å². The van der Waals surface area contributed by atoms with Crippen molar-refractivity contribution in [1.29, 1.82) is 0 Å². The van der Waals surface area contributed by atoms with Crippen LogP contribution in [0.5, 0.6) is 0 Å². The Balaban J connectivity index is 1.62. The minimum absolute atomic E-state index is 0.196. The van der Waals surface area contributed by atoms with Crippen LogP contribution in [0.3, 0.4) is 0 Å². The van der Waals surface area contributed by atoms with Crippen LogP contribution in [-0.4, -0.2) is 60.5 Å². The fourth-order valence-electron chi connectivity index (χ4n) is 4.41. The summed E-state index contributed by atoms with van der Waals surface area (Å²) >= 11 is 0. The van der Waals surface area contributed by atoms with Gasteiger partial charge in [-0.3, -0.25) is 9.59 Å². The lowest BCUT2D eigenvalue weighted by atomic mass is 9.92. The average molecular weight is 343 g/mol. The van der Waals surface area contributed by atoms with E-state index in [1.807, 2.05) is 0 Å². The number of carbonyl (C=O) groups excluding carboxylic acids is 2. The topological polar surface area (TPSA) is 101 Å². The number of carbonyl (C=O) groups is 2. The fourth-order valence-corrected chi connectivity index (χ4v) is 5.28. The van der Waals surface area contributed by atoms with E-state index in [2.05, 4.69) is 6.92 Å². The van der Waals surface area contributed by atoms with Crippen molar-refractivity contribution in [3.63, 3.8) is 0 Å². The first-order chi connectivity index (χ1) is 10.8. The van der Waals surface area contributed by atoms with Crippen LogP contribution in [0.2, 0.25) is 0 Å². The van der Waals surface area contributed by atoms with Crippen molar-refractivity contribution in [2.45, 2.75) is 62.8 Å². The van der Waals surface area contributed by atoms with E-state index >= 15 is 0 Å². The Bertz CT molecular complexity index is 584. The average Bonchev–Trinajstić information content (AvgIpc) is 2.77. The number of nitrogens with two attached hydrogens (primary N) is 1. The molecule has 0 radical (unpaired) electrons. The highest BCUT2D eigenvalue weighted by atomic mass is 32.2. The second-order valence-corrected chi connectivity index (χ2v) is 9.10. The molecule has 3 heterocycles. The van der Waals surface area contributed by atoms with E-state index in [4.69, 9.17) is 5.14 Å². The first-order valence-electron chi connectivity index (χ1n) is 8.40. The van der Waals surface area contributed by atoms with Gasteiger partial charge in [0.1, 0.15) is 0 Å². The second-order valence-electron chi connectivity index (χ2n) is 7.25. The number of primary sulfonamides is 1. The van der Waals surface area contributed by atoms with E-state index < -0.39 is 27.1 Å². The van der Waals surface area contributed by atoms with Crippen LogP contribution < -0.4 is 5.14 Å². The number of rotatable bonds is 1. The standard InChI is InChI=1S/C15H25N3O4S/c1-10-8-11-2-3-12(9-10)18(11)15(20)14(19)17-6-4-13(5-7-17)23(16,21)22/h10-13H,2-9H2,1H3,(H2,16,21,22). The summed E-state index contributed by atoms with van der Waals surface area (Å²) in [5, 5.41) is 4.56. The van der Waals surface area contributed by atoms with Crippen molar-refractivity contribution >= 4 is 21.8 Å². The van der Waals surface area contributed by atoms with Gasteiger partial charge in [0.25, 0.3) is 0 Å². The number of hydrogen-bond acceptors (Lipinski definition) is 4. The lowest BCUT2D eigenvalue weighted by Gasteiger charge is -2.39. The molecular weight excluding hydrogens is 318 g/mol. The zero-order valence-corrected chi connectivity index (χ0v) is 14.3. The molecule has 0 aliphatic carbocycles. The molecule has 0 aromatic heterocycles. The first-order valence-corrected chi connectivity index (χ1v) is 10.0. The lowest BCUT2D eigenvalue weighted by Crippen LogP contribution is -2.54. The molecule has 130 valence electrons. The van der Waals surface area contributed by atoms with E-state index in [1.54, 1.807) is 4.90 Å². The van der Waals surface area contributed by atoms with Crippen molar-refractivity contribution < 1.29 is 18.0 Å². The molecule has 2 atom stereocenters. The van der Waals surface area contributed by atoms with Gasteiger partial charge in [0, 0.05) is 25.2 Å². The summed E-state index contributed by atoms with van der Waals surface area (Å²) < 4.78 is 22.7. The van der Waals surface area contributed by atoms with Crippen LogP contribution in [0.25, 0.3) is 0 Å². The van der Waals surface area contributed by atoms with E-state index in [9.17, 15) is 18.0 Å². The number of fused-ring (bicyclic) bond motifs is 2. The maximum Gasteiger partial charge on any atom is 0.312 e. The van der Waals surface area contributed by atoms with E-state index in [1.165, 1.54) is 4.90 Å². The van der Waals surface area contributed by atoms with Gasteiger partial charge < -0.3 is 9.80 Å². The van der Waals surface area contributed by atoms with Crippen molar-refractivity contribution in [3.8, 4) is 0 Å². The number of likely N-dealkylation sites (tertiary alicyclic amines) is 1. The van der Waals surface area contributed by atoms with Crippen LogP contribution in [0.4, 0.5) is 0 Å². The highest BCUT2D eigenvalue weighted by molar-refractivity contribution is 7.89. The van der Waals surface area contributed by atoms with Crippen LogP contribution >= 0.6 is 0 Å². The van der Waals surface area contributed by atoms with Gasteiger partial charge in [0.15, 0.2) is 0 Å². The maximum atomic E-state index is 12.6. The summed E-state index contributed by atoms with van der Waals surface area (Å²) in [4.78, 5) is 28.4. The van der Waals surface area contributed by atoms with Gasteiger partial charge in [-0.05, 0) is 44.4 Å². The third-order valence-electron chi connectivity index (χ3n) is 5.58. The lowest BCUT2D eigenvalue weighted by molar-refractivity contribution is -0.155. The molecule has 0 aromatic rings. The van der Waals surface area contributed by atoms with Gasteiger partial charge >= 0.3 is 11.8 Å². The molecular formula is C15H25N3O4S. The summed E-state index contributed by atoms with van der Waals surface area (Å²) in [6.07, 6.45) is 4.54. The summed E-state index contributed by atoms with van der Waals surface area (Å²) in [6.45, 7) is 2.77. The predicted molar refractivity (Wildman–Crippen MR) is 84.8 cm³/mol. The van der Waals surface area contributed by atoms with E-state index in [0.29, 0.717) is 18.8 Å². The van der Waals surface area contributed by atoms with Crippen molar-refractivity contribution in [1.82, 2.24) is 9.80 Å². The molecule has 2 N–H and O–H groups in total. The predicted octanol–water partition coefficient (Wildman–Crippen LogP) is 0.0554. The van der Waals surface area contributed by atoms with Gasteiger partial charge in [-0.2, -0.15) is 0 Å². The molecule has 0 spiro atoms. The first kappa shape index (κ1) is 16.7. The second kappa shape index (κ2) is 6.05. The molecule has 0 saturated carbocycles. The van der Waals surface area contributed by atoms with Gasteiger partial charge in [-0.15, -0.1) is 0 Å². The monoisotopic (exact) mass is 343 g/mol. The molecule has 3 saturated heterocycles. The smallest absolute Gasteiger partial charge is 0.312 e. The zero-order chi connectivity index (χ0) is 16.8. The molecule has 3 aliphatic heterocycles. The van der Waals surface area contributed by atoms with Gasteiger partial charge in [-0.25, -0.2) is 13.6 Å².